The van der Waals surface area contributed by atoms with Gasteiger partial charge in [0.15, 0.2) is 0 Å². The quantitative estimate of drug-likeness (QED) is 0.820. The van der Waals surface area contributed by atoms with Gasteiger partial charge in [-0.25, -0.2) is 0 Å². The summed E-state index contributed by atoms with van der Waals surface area (Å²) in [6.07, 6.45) is 6.56. The number of ether oxygens (including phenoxy) is 1. The van der Waals surface area contributed by atoms with Crippen molar-refractivity contribution in [2.24, 2.45) is 0 Å². The highest BCUT2D eigenvalue weighted by atomic mass is 32.1. The standard InChI is InChI=1S/C15H21N3OS/c1-17(9-10-18-8-3-7-16-18)12-13-5-6-15(20-13)14-4-2-11-19-14/h3,5-8,14H,2,4,9-12H2,1H3. The molecule has 3 rings (SSSR count). The van der Waals surface area contributed by atoms with Gasteiger partial charge in [-0.05, 0) is 38.1 Å². The Kier molecular flexibility index (Phi) is 4.50. The Labute approximate surface area is 124 Å². The number of rotatable bonds is 6. The maximum atomic E-state index is 5.74. The summed E-state index contributed by atoms with van der Waals surface area (Å²) < 4.78 is 7.71. The van der Waals surface area contributed by atoms with Crippen molar-refractivity contribution in [2.75, 3.05) is 20.2 Å². The topological polar surface area (TPSA) is 30.3 Å². The molecule has 1 unspecified atom stereocenters. The van der Waals surface area contributed by atoms with Crippen molar-refractivity contribution in [1.29, 1.82) is 0 Å². The second-order valence-electron chi connectivity index (χ2n) is 5.31. The average molecular weight is 291 g/mol. The van der Waals surface area contributed by atoms with Crippen LogP contribution in [0.5, 0.6) is 0 Å². The van der Waals surface area contributed by atoms with E-state index in [-0.39, 0.29) is 0 Å². The molecule has 0 N–H and O–H groups in total. The molecule has 1 saturated heterocycles. The van der Waals surface area contributed by atoms with Crippen LogP contribution >= 0.6 is 11.3 Å². The molecule has 1 aliphatic rings. The van der Waals surface area contributed by atoms with Gasteiger partial charge in [0.1, 0.15) is 0 Å². The molecular formula is C15H21N3OS. The molecule has 2 aromatic rings. The van der Waals surface area contributed by atoms with Crippen molar-refractivity contribution in [2.45, 2.75) is 32.0 Å². The van der Waals surface area contributed by atoms with Gasteiger partial charge in [0.05, 0.1) is 12.6 Å². The molecule has 0 aliphatic carbocycles. The Morgan fingerprint density at radius 2 is 2.45 bits per heavy atom. The van der Waals surface area contributed by atoms with Crippen molar-refractivity contribution in [3.05, 3.63) is 40.3 Å². The summed E-state index contributed by atoms with van der Waals surface area (Å²) in [5.41, 5.74) is 0. The molecule has 0 spiro atoms. The minimum atomic E-state index is 0.350. The lowest BCUT2D eigenvalue weighted by molar-refractivity contribution is 0.114. The Morgan fingerprint density at radius 1 is 1.50 bits per heavy atom. The molecule has 0 saturated carbocycles. The van der Waals surface area contributed by atoms with Crippen LogP contribution in [0.1, 0.15) is 28.7 Å². The summed E-state index contributed by atoms with van der Waals surface area (Å²) in [6, 6.07) is 6.44. The third-order valence-electron chi connectivity index (χ3n) is 3.63. The number of likely N-dealkylation sites (N-methyl/N-ethyl adjacent to an activating group) is 1. The van der Waals surface area contributed by atoms with Crippen molar-refractivity contribution >= 4 is 11.3 Å². The first-order chi connectivity index (χ1) is 9.81. The van der Waals surface area contributed by atoms with Gasteiger partial charge in [-0.15, -0.1) is 11.3 Å². The van der Waals surface area contributed by atoms with Crippen LogP contribution in [0, 0.1) is 0 Å². The summed E-state index contributed by atoms with van der Waals surface area (Å²) in [4.78, 5) is 5.14. The molecule has 2 aromatic heterocycles. The molecule has 1 fully saturated rings. The average Bonchev–Trinajstić information content (AvgIpc) is 3.18. The van der Waals surface area contributed by atoms with Crippen LogP contribution in [0.25, 0.3) is 0 Å². The molecule has 108 valence electrons. The van der Waals surface area contributed by atoms with E-state index in [4.69, 9.17) is 4.74 Å². The second-order valence-corrected chi connectivity index (χ2v) is 6.51. The zero-order chi connectivity index (χ0) is 13.8. The Hall–Kier alpha value is -1.17. The molecule has 5 heteroatoms. The van der Waals surface area contributed by atoms with Crippen LogP contribution in [0.3, 0.4) is 0 Å². The van der Waals surface area contributed by atoms with Gasteiger partial charge < -0.3 is 4.74 Å². The Morgan fingerprint density at radius 3 is 3.20 bits per heavy atom. The summed E-state index contributed by atoms with van der Waals surface area (Å²) in [5, 5.41) is 4.23. The summed E-state index contributed by atoms with van der Waals surface area (Å²) in [7, 11) is 2.16. The number of aromatic nitrogens is 2. The maximum Gasteiger partial charge on any atom is 0.0917 e. The highest BCUT2D eigenvalue weighted by Crippen LogP contribution is 2.33. The third-order valence-corrected chi connectivity index (χ3v) is 4.79. The van der Waals surface area contributed by atoms with E-state index >= 15 is 0 Å². The predicted octanol–water partition coefficient (Wildman–Crippen LogP) is 2.93. The van der Waals surface area contributed by atoms with Gasteiger partial charge >= 0.3 is 0 Å². The van der Waals surface area contributed by atoms with Crippen LogP contribution in [0.4, 0.5) is 0 Å². The number of nitrogens with zero attached hydrogens (tertiary/aromatic N) is 3. The first-order valence-corrected chi connectivity index (χ1v) is 7.99. The van der Waals surface area contributed by atoms with E-state index in [0.717, 1.165) is 26.2 Å². The SMILES string of the molecule is CN(CCn1cccn1)Cc1ccc(C2CCCO2)s1. The van der Waals surface area contributed by atoms with Gasteiger partial charge in [-0.2, -0.15) is 5.10 Å². The molecule has 0 amide bonds. The zero-order valence-corrected chi connectivity index (χ0v) is 12.7. The number of thiophene rings is 1. The van der Waals surface area contributed by atoms with E-state index in [0.29, 0.717) is 6.10 Å². The lowest BCUT2D eigenvalue weighted by atomic mass is 10.2. The van der Waals surface area contributed by atoms with Crippen LogP contribution in [0.15, 0.2) is 30.6 Å². The highest BCUT2D eigenvalue weighted by molar-refractivity contribution is 7.12. The van der Waals surface area contributed by atoms with E-state index in [1.807, 2.05) is 34.5 Å². The van der Waals surface area contributed by atoms with Gasteiger partial charge in [0, 0.05) is 41.8 Å². The van der Waals surface area contributed by atoms with Gasteiger partial charge in [-0.3, -0.25) is 9.58 Å². The Bertz CT molecular complexity index is 517. The fraction of sp³-hybridized carbons (Fsp3) is 0.533. The largest absolute Gasteiger partial charge is 0.373 e. The predicted molar refractivity (Wildman–Crippen MR) is 80.8 cm³/mol. The maximum absolute atomic E-state index is 5.74. The van der Waals surface area contributed by atoms with E-state index in [2.05, 4.69) is 29.2 Å². The second kappa shape index (κ2) is 6.52. The molecule has 4 nitrogen and oxygen atoms in total. The summed E-state index contributed by atoms with van der Waals surface area (Å²) >= 11 is 1.89. The summed E-state index contributed by atoms with van der Waals surface area (Å²) in [6.45, 7) is 3.86. The van der Waals surface area contributed by atoms with Crippen molar-refractivity contribution in [1.82, 2.24) is 14.7 Å². The lowest BCUT2D eigenvalue weighted by Gasteiger charge is -2.15. The van der Waals surface area contributed by atoms with Gasteiger partial charge in [-0.1, -0.05) is 0 Å². The third kappa shape index (κ3) is 3.48. The Balaban J connectivity index is 1.49. The molecule has 1 atom stereocenters. The molecule has 20 heavy (non-hydrogen) atoms. The minimum absolute atomic E-state index is 0.350. The summed E-state index contributed by atoms with van der Waals surface area (Å²) in [5.74, 6) is 0. The zero-order valence-electron chi connectivity index (χ0n) is 11.9. The monoisotopic (exact) mass is 291 g/mol. The fourth-order valence-corrected chi connectivity index (χ4v) is 3.68. The van der Waals surface area contributed by atoms with E-state index in [1.165, 1.54) is 22.6 Å². The van der Waals surface area contributed by atoms with Crippen LogP contribution in [-0.2, 0) is 17.8 Å². The van der Waals surface area contributed by atoms with Crippen LogP contribution in [0.2, 0.25) is 0 Å². The van der Waals surface area contributed by atoms with Gasteiger partial charge in [0.2, 0.25) is 0 Å². The molecule has 1 aliphatic heterocycles. The van der Waals surface area contributed by atoms with Crippen LogP contribution < -0.4 is 0 Å². The molecule has 0 aromatic carbocycles. The van der Waals surface area contributed by atoms with Crippen molar-refractivity contribution < 1.29 is 4.74 Å². The minimum Gasteiger partial charge on any atom is -0.373 e. The smallest absolute Gasteiger partial charge is 0.0917 e. The molecule has 3 heterocycles. The van der Waals surface area contributed by atoms with Crippen molar-refractivity contribution in [3.8, 4) is 0 Å². The number of hydrogen-bond donors (Lipinski definition) is 0. The van der Waals surface area contributed by atoms with Crippen LogP contribution in [-0.4, -0.2) is 34.9 Å². The van der Waals surface area contributed by atoms with Crippen molar-refractivity contribution in [3.63, 3.8) is 0 Å². The lowest BCUT2D eigenvalue weighted by Crippen LogP contribution is -2.22. The molecule has 0 radical (unpaired) electrons. The first-order valence-electron chi connectivity index (χ1n) is 7.17. The van der Waals surface area contributed by atoms with E-state index < -0.39 is 0 Å². The number of hydrogen-bond acceptors (Lipinski definition) is 4. The molecule has 0 bridgehead atoms. The molecular weight excluding hydrogens is 270 g/mol. The fourth-order valence-electron chi connectivity index (χ4n) is 2.51. The van der Waals surface area contributed by atoms with Gasteiger partial charge in [0.25, 0.3) is 0 Å². The first kappa shape index (κ1) is 13.8. The van der Waals surface area contributed by atoms with E-state index in [1.54, 1.807) is 0 Å². The highest BCUT2D eigenvalue weighted by Gasteiger charge is 2.19. The van der Waals surface area contributed by atoms with E-state index in [9.17, 15) is 0 Å². The normalized spacial score (nSPS) is 19.0.